The van der Waals surface area contributed by atoms with Crippen LogP contribution in [0.5, 0.6) is 0 Å². The van der Waals surface area contributed by atoms with Gasteiger partial charge in [-0.2, -0.15) is 13.2 Å². The molecular weight excluding hydrogens is 472 g/mol. The van der Waals surface area contributed by atoms with E-state index in [1.807, 2.05) is 0 Å². The first-order chi connectivity index (χ1) is 13.9. The van der Waals surface area contributed by atoms with Crippen LogP contribution < -0.4 is 11.2 Å². The van der Waals surface area contributed by atoms with Crippen molar-refractivity contribution in [2.75, 3.05) is 12.9 Å². The minimum absolute atomic E-state index is 0.0313. The summed E-state index contributed by atoms with van der Waals surface area (Å²) < 4.78 is 44.8. The molecule has 162 valence electrons. The molecular formula is C17H13Cl2F3N2O5S. The van der Waals surface area contributed by atoms with Crippen molar-refractivity contribution in [3.63, 3.8) is 0 Å². The van der Waals surface area contributed by atoms with Crippen molar-refractivity contribution in [1.29, 1.82) is 0 Å². The first-order valence-corrected chi connectivity index (χ1v) is 9.61. The van der Waals surface area contributed by atoms with E-state index in [-0.39, 0.29) is 37.9 Å². The lowest BCUT2D eigenvalue weighted by molar-refractivity contribution is -0.144. The molecule has 2 aromatic rings. The molecule has 0 bridgehead atoms. The second-order valence-electron chi connectivity index (χ2n) is 5.72. The van der Waals surface area contributed by atoms with Gasteiger partial charge in [0.2, 0.25) is 0 Å². The van der Waals surface area contributed by atoms with Gasteiger partial charge in [0.1, 0.15) is 11.5 Å². The lowest BCUT2D eigenvalue weighted by Gasteiger charge is -2.16. The molecule has 13 heteroatoms. The van der Waals surface area contributed by atoms with E-state index in [1.165, 1.54) is 19.2 Å². The van der Waals surface area contributed by atoms with Crippen LogP contribution in [0.15, 0.2) is 44.5 Å². The van der Waals surface area contributed by atoms with Gasteiger partial charge in [0.15, 0.2) is 0 Å². The third-order valence-electron chi connectivity index (χ3n) is 3.77. The third kappa shape index (κ3) is 5.21. The van der Waals surface area contributed by atoms with E-state index in [2.05, 4.69) is 0 Å². The van der Waals surface area contributed by atoms with E-state index >= 15 is 0 Å². The van der Waals surface area contributed by atoms with Crippen LogP contribution in [0.4, 0.5) is 13.2 Å². The van der Waals surface area contributed by atoms with Crippen LogP contribution in [0.2, 0.25) is 10.0 Å². The molecule has 0 aliphatic rings. The lowest BCUT2D eigenvalue weighted by atomic mass is 10.3. The van der Waals surface area contributed by atoms with E-state index < -0.39 is 29.1 Å². The van der Waals surface area contributed by atoms with Crippen molar-refractivity contribution in [3.05, 3.63) is 66.6 Å². The second-order valence-corrected chi connectivity index (χ2v) is 7.55. The maximum absolute atomic E-state index is 13.0. The monoisotopic (exact) mass is 484 g/mol. The second kappa shape index (κ2) is 9.19. The summed E-state index contributed by atoms with van der Waals surface area (Å²) >= 11 is 13.2. The van der Waals surface area contributed by atoms with Crippen molar-refractivity contribution < 1.29 is 27.8 Å². The first kappa shape index (κ1) is 23.9. The number of nitrogens with zero attached hydrogens (tertiary/aromatic N) is 2. The molecule has 1 heterocycles. The SMILES string of the molecule is CO/C(=C/C(=O)O)CSc1cc(-n2c(=O)cc(C(F)(F)F)n(C)c2=O)c(Cl)cc1Cl. The molecule has 7 nitrogen and oxygen atoms in total. The molecule has 0 fully saturated rings. The number of alkyl halides is 3. The number of rotatable bonds is 6. The fourth-order valence-corrected chi connectivity index (χ4v) is 3.89. The zero-order valence-corrected chi connectivity index (χ0v) is 17.6. The van der Waals surface area contributed by atoms with Gasteiger partial charge in [0.05, 0.1) is 34.7 Å². The highest BCUT2D eigenvalue weighted by molar-refractivity contribution is 7.99. The quantitative estimate of drug-likeness (QED) is 0.383. The number of hydrogen-bond donors (Lipinski definition) is 1. The summed E-state index contributed by atoms with van der Waals surface area (Å²) in [6, 6.07) is 2.76. The standard InChI is InChI=1S/C17H13Cl2F3N2O5S/c1-23-13(17(20,21)22)6-14(25)24(16(23)28)11-5-12(10(19)4-9(11)18)30-7-8(29-2)3-15(26)27/h3-6H,7H2,1-2H3,(H,26,27)/b8-3+. The normalized spacial score (nSPS) is 12.2. The number of thioether (sulfide) groups is 1. The Hall–Kier alpha value is -2.37. The zero-order chi connectivity index (χ0) is 22.8. The van der Waals surface area contributed by atoms with Crippen LogP contribution in [0.1, 0.15) is 5.69 Å². The molecule has 0 unspecified atom stereocenters. The molecule has 0 radical (unpaired) electrons. The molecule has 1 N–H and O–H groups in total. The van der Waals surface area contributed by atoms with Crippen molar-refractivity contribution in [1.82, 2.24) is 9.13 Å². The number of carboxylic acids is 1. The Bertz CT molecular complexity index is 1140. The van der Waals surface area contributed by atoms with Crippen LogP contribution in [-0.2, 0) is 22.8 Å². The van der Waals surface area contributed by atoms with Crippen LogP contribution in [0.25, 0.3) is 5.69 Å². The summed E-state index contributed by atoms with van der Waals surface area (Å²) in [5.74, 6) is -1.10. The molecule has 30 heavy (non-hydrogen) atoms. The molecule has 0 atom stereocenters. The van der Waals surface area contributed by atoms with Crippen molar-refractivity contribution >= 4 is 40.9 Å². The Morgan fingerprint density at radius 2 is 1.87 bits per heavy atom. The molecule has 0 spiro atoms. The number of hydrogen-bond acceptors (Lipinski definition) is 5. The van der Waals surface area contributed by atoms with E-state index in [9.17, 15) is 27.6 Å². The summed E-state index contributed by atoms with van der Waals surface area (Å²) in [4.78, 5) is 35.8. The molecule has 0 aliphatic carbocycles. The summed E-state index contributed by atoms with van der Waals surface area (Å²) in [5, 5.41) is 8.78. The summed E-state index contributed by atoms with van der Waals surface area (Å²) in [6.07, 6.45) is -4.06. The van der Waals surface area contributed by atoms with Gasteiger partial charge in [-0.05, 0) is 12.1 Å². The highest BCUT2D eigenvalue weighted by atomic mass is 35.5. The topological polar surface area (TPSA) is 90.5 Å². The highest BCUT2D eigenvalue weighted by Crippen LogP contribution is 2.34. The zero-order valence-electron chi connectivity index (χ0n) is 15.3. The molecule has 0 aliphatic heterocycles. The highest BCUT2D eigenvalue weighted by Gasteiger charge is 2.35. The van der Waals surface area contributed by atoms with Gasteiger partial charge in [-0.15, -0.1) is 11.8 Å². The van der Waals surface area contributed by atoms with Gasteiger partial charge in [-0.1, -0.05) is 23.2 Å². The average molecular weight is 485 g/mol. The van der Waals surface area contributed by atoms with Crippen molar-refractivity contribution in [2.24, 2.45) is 7.05 Å². The number of ether oxygens (including phenoxy) is 1. The fourth-order valence-electron chi connectivity index (χ4n) is 2.37. The maximum Gasteiger partial charge on any atom is 0.431 e. The molecule has 1 aromatic carbocycles. The van der Waals surface area contributed by atoms with Gasteiger partial charge in [0.25, 0.3) is 5.56 Å². The number of methoxy groups -OCH3 is 1. The smallest absolute Gasteiger partial charge is 0.431 e. The first-order valence-electron chi connectivity index (χ1n) is 7.86. The lowest BCUT2D eigenvalue weighted by Crippen LogP contribution is -2.40. The Balaban J connectivity index is 2.58. The number of carboxylic acid groups (broad SMARTS) is 1. The summed E-state index contributed by atoms with van der Waals surface area (Å²) in [6.45, 7) is 0. The minimum atomic E-state index is -4.90. The molecule has 0 amide bonds. The number of carbonyl (C=O) groups is 1. The molecule has 0 saturated heterocycles. The van der Waals surface area contributed by atoms with Crippen LogP contribution in [0, 0.1) is 0 Å². The van der Waals surface area contributed by atoms with Gasteiger partial charge >= 0.3 is 17.8 Å². The van der Waals surface area contributed by atoms with Crippen molar-refractivity contribution in [3.8, 4) is 5.69 Å². The number of halogens is 5. The Morgan fingerprint density at radius 1 is 1.23 bits per heavy atom. The molecule has 0 saturated carbocycles. The maximum atomic E-state index is 13.0. The van der Waals surface area contributed by atoms with E-state index in [1.54, 1.807) is 0 Å². The summed E-state index contributed by atoms with van der Waals surface area (Å²) in [5.41, 5.74) is -4.06. The number of aromatic nitrogens is 2. The third-order valence-corrected chi connectivity index (χ3v) is 5.57. The van der Waals surface area contributed by atoms with Gasteiger partial charge in [0, 0.05) is 18.0 Å². The molecule has 2 rings (SSSR count). The predicted octanol–water partition coefficient (Wildman–Crippen LogP) is 3.57. The molecule has 1 aromatic heterocycles. The number of benzene rings is 1. The average Bonchev–Trinajstić information content (AvgIpc) is 2.63. The van der Waals surface area contributed by atoms with Gasteiger partial charge in [-0.25, -0.2) is 14.2 Å². The Labute approximate surface area is 181 Å². The van der Waals surface area contributed by atoms with Crippen LogP contribution in [0.3, 0.4) is 0 Å². The van der Waals surface area contributed by atoms with Crippen LogP contribution >= 0.6 is 35.0 Å². The van der Waals surface area contributed by atoms with Gasteiger partial charge < -0.3 is 9.84 Å². The van der Waals surface area contributed by atoms with Crippen LogP contribution in [-0.4, -0.2) is 33.1 Å². The fraction of sp³-hybridized carbons (Fsp3) is 0.235. The largest absolute Gasteiger partial charge is 0.500 e. The van der Waals surface area contributed by atoms with Crippen molar-refractivity contribution in [2.45, 2.75) is 11.1 Å². The van der Waals surface area contributed by atoms with E-state index in [0.29, 0.717) is 9.46 Å². The predicted molar refractivity (Wildman–Crippen MR) is 106 cm³/mol. The van der Waals surface area contributed by atoms with E-state index in [0.717, 1.165) is 24.9 Å². The number of aliphatic carboxylic acids is 1. The van der Waals surface area contributed by atoms with E-state index in [4.69, 9.17) is 33.0 Å². The Kier molecular flexibility index (Phi) is 7.32. The van der Waals surface area contributed by atoms with Gasteiger partial charge in [-0.3, -0.25) is 9.36 Å². The minimum Gasteiger partial charge on any atom is -0.500 e. The Morgan fingerprint density at radius 3 is 2.40 bits per heavy atom. The summed E-state index contributed by atoms with van der Waals surface area (Å²) in [7, 11) is 2.15.